The number of methoxy groups -OCH3 is 1. The molecular formula is C5H9N3O3. The SMILES string of the molecule is COCCOC(=O)CN=[N+]=[N-]. The van der Waals surface area contributed by atoms with E-state index < -0.39 is 5.97 Å². The number of hydrogen-bond acceptors (Lipinski definition) is 4. The van der Waals surface area contributed by atoms with Gasteiger partial charge in [0.1, 0.15) is 13.2 Å². The summed E-state index contributed by atoms with van der Waals surface area (Å²) in [7, 11) is 1.50. The summed E-state index contributed by atoms with van der Waals surface area (Å²) in [6.45, 7) is 0.276. The highest BCUT2D eigenvalue weighted by Crippen LogP contribution is 1.80. The van der Waals surface area contributed by atoms with E-state index in [0.29, 0.717) is 6.61 Å². The van der Waals surface area contributed by atoms with Crippen molar-refractivity contribution >= 4 is 5.97 Å². The number of carbonyl (C=O) groups is 1. The molecule has 0 aliphatic rings. The van der Waals surface area contributed by atoms with Gasteiger partial charge < -0.3 is 9.47 Å². The highest BCUT2D eigenvalue weighted by molar-refractivity contribution is 5.71. The summed E-state index contributed by atoms with van der Waals surface area (Å²) in [6.07, 6.45) is 0. The molecule has 0 bridgehead atoms. The van der Waals surface area contributed by atoms with Crippen molar-refractivity contribution in [3.05, 3.63) is 10.4 Å². The van der Waals surface area contributed by atoms with Crippen molar-refractivity contribution in [1.29, 1.82) is 0 Å². The fourth-order valence-electron chi connectivity index (χ4n) is 0.374. The lowest BCUT2D eigenvalue weighted by atomic mass is 10.7. The second-order valence-electron chi connectivity index (χ2n) is 1.60. The first-order valence-electron chi connectivity index (χ1n) is 2.96. The van der Waals surface area contributed by atoms with Gasteiger partial charge in [-0.2, -0.15) is 0 Å². The Labute approximate surface area is 63.7 Å². The van der Waals surface area contributed by atoms with E-state index in [2.05, 4.69) is 19.5 Å². The highest BCUT2D eigenvalue weighted by atomic mass is 16.6. The lowest BCUT2D eigenvalue weighted by molar-refractivity contribution is -0.143. The van der Waals surface area contributed by atoms with Gasteiger partial charge in [-0.15, -0.1) is 0 Å². The molecule has 6 nitrogen and oxygen atoms in total. The first-order chi connectivity index (χ1) is 5.31. The molecule has 62 valence electrons. The van der Waals surface area contributed by atoms with Gasteiger partial charge in [0.2, 0.25) is 0 Å². The second-order valence-corrected chi connectivity index (χ2v) is 1.60. The maximum absolute atomic E-state index is 10.5. The molecule has 0 unspecified atom stereocenters. The Morgan fingerprint density at radius 1 is 1.64 bits per heavy atom. The van der Waals surface area contributed by atoms with Crippen LogP contribution in [0.4, 0.5) is 0 Å². The summed E-state index contributed by atoms with van der Waals surface area (Å²) in [5.41, 5.74) is 7.81. The number of esters is 1. The van der Waals surface area contributed by atoms with E-state index in [0.717, 1.165) is 0 Å². The number of hydrogen-bond donors (Lipinski definition) is 0. The molecule has 11 heavy (non-hydrogen) atoms. The van der Waals surface area contributed by atoms with Gasteiger partial charge in [0, 0.05) is 12.0 Å². The van der Waals surface area contributed by atoms with Gasteiger partial charge >= 0.3 is 5.97 Å². The second kappa shape index (κ2) is 6.85. The van der Waals surface area contributed by atoms with Gasteiger partial charge in [0.05, 0.1) is 6.61 Å². The summed E-state index contributed by atoms with van der Waals surface area (Å²) in [5.74, 6) is -0.542. The van der Waals surface area contributed by atoms with Gasteiger partial charge in [-0.1, -0.05) is 5.11 Å². The van der Waals surface area contributed by atoms with Crippen molar-refractivity contribution < 1.29 is 14.3 Å². The molecule has 0 saturated carbocycles. The van der Waals surface area contributed by atoms with Gasteiger partial charge in [-0.25, -0.2) is 0 Å². The van der Waals surface area contributed by atoms with Crippen LogP contribution in [0.5, 0.6) is 0 Å². The number of azide groups is 1. The number of rotatable bonds is 5. The minimum absolute atomic E-state index is 0.191. The molecule has 0 fully saturated rings. The first kappa shape index (κ1) is 9.74. The molecule has 0 aromatic rings. The minimum atomic E-state index is -0.542. The van der Waals surface area contributed by atoms with Crippen LogP contribution in [-0.2, 0) is 14.3 Å². The number of carbonyl (C=O) groups excluding carboxylic acids is 1. The van der Waals surface area contributed by atoms with Crippen molar-refractivity contribution in [2.75, 3.05) is 26.9 Å². The van der Waals surface area contributed by atoms with E-state index in [-0.39, 0.29) is 13.2 Å². The van der Waals surface area contributed by atoms with Crippen LogP contribution >= 0.6 is 0 Å². The summed E-state index contributed by atoms with van der Waals surface area (Å²) in [5, 5.41) is 3.02. The number of ether oxygens (including phenoxy) is 2. The monoisotopic (exact) mass is 159 g/mol. The fraction of sp³-hybridized carbons (Fsp3) is 0.800. The fourth-order valence-corrected chi connectivity index (χ4v) is 0.374. The minimum Gasteiger partial charge on any atom is -0.463 e. The molecule has 0 atom stereocenters. The topological polar surface area (TPSA) is 84.3 Å². The zero-order chi connectivity index (χ0) is 8.53. The molecule has 0 spiro atoms. The Morgan fingerprint density at radius 3 is 2.91 bits per heavy atom. The maximum atomic E-state index is 10.5. The average molecular weight is 159 g/mol. The Morgan fingerprint density at radius 2 is 2.36 bits per heavy atom. The van der Waals surface area contributed by atoms with Crippen LogP contribution in [-0.4, -0.2) is 32.8 Å². The van der Waals surface area contributed by atoms with Crippen molar-refractivity contribution in [3.63, 3.8) is 0 Å². The third-order valence-electron chi connectivity index (χ3n) is 0.814. The van der Waals surface area contributed by atoms with E-state index in [9.17, 15) is 4.79 Å². The lowest BCUT2D eigenvalue weighted by Gasteiger charge is -1.99. The standard InChI is InChI=1S/C5H9N3O3/c1-10-2-3-11-5(9)4-7-8-6/h2-4H2,1H3. The number of nitrogens with zero attached hydrogens (tertiary/aromatic N) is 3. The Balaban J connectivity index is 3.29. The van der Waals surface area contributed by atoms with Crippen LogP contribution in [0.15, 0.2) is 5.11 Å². The van der Waals surface area contributed by atoms with Crippen molar-refractivity contribution in [1.82, 2.24) is 0 Å². The maximum Gasteiger partial charge on any atom is 0.311 e. The lowest BCUT2D eigenvalue weighted by Crippen LogP contribution is -2.11. The van der Waals surface area contributed by atoms with Crippen LogP contribution in [0.25, 0.3) is 10.4 Å². The predicted octanol–water partition coefficient (Wildman–Crippen LogP) is 0.486. The smallest absolute Gasteiger partial charge is 0.311 e. The Kier molecular flexibility index (Phi) is 6.07. The van der Waals surface area contributed by atoms with Gasteiger partial charge in [0.25, 0.3) is 0 Å². The molecular weight excluding hydrogens is 150 g/mol. The predicted molar refractivity (Wildman–Crippen MR) is 36.8 cm³/mol. The van der Waals surface area contributed by atoms with Crippen molar-refractivity contribution in [3.8, 4) is 0 Å². The molecule has 0 aromatic heterocycles. The third-order valence-corrected chi connectivity index (χ3v) is 0.814. The van der Waals surface area contributed by atoms with Crippen LogP contribution in [0.2, 0.25) is 0 Å². The Hall–Kier alpha value is -1.26. The van der Waals surface area contributed by atoms with Crippen molar-refractivity contribution in [2.24, 2.45) is 5.11 Å². The largest absolute Gasteiger partial charge is 0.463 e. The zero-order valence-corrected chi connectivity index (χ0v) is 6.19. The van der Waals surface area contributed by atoms with Gasteiger partial charge in [-0.05, 0) is 5.53 Å². The normalized spacial score (nSPS) is 8.45. The molecule has 0 rings (SSSR count). The van der Waals surface area contributed by atoms with Crippen LogP contribution in [0.1, 0.15) is 0 Å². The molecule has 6 heteroatoms. The summed E-state index contributed by atoms with van der Waals surface area (Å²) in [4.78, 5) is 12.9. The van der Waals surface area contributed by atoms with Gasteiger partial charge in [-0.3, -0.25) is 4.79 Å². The summed E-state index contributed by atoms with van der Waals surface area (Å²) < 4.78 is 9.17. The van der Waals surface area contributed by atoms with Crippen LogP contribution in [0.3, 0.4) is 0 Å². The molecule has 0 heterocycles. The van der Waals surface area contributed by atoms with E-state index in [1.807, 2.05) is 0 Å². The molecule has 0 aromatic carbocycles. The summed E-state index contributed by atoms with van der Waals surface area (Å²) in [6, 6.07) is 0. The summed E-state index contributed by atoms with van der Waals surface area (Å²) >= 11 is 0. The molecule has 0 aliphatic heterocycles. The van der Waals surface area contributed by atoms with E-state index >= 15 is 0 Å². The molecule has 0 amide bonds. The quantitative estimate of drug-likeness (QED) is 0.192. The van der Waals surface area contributed by atoms with E-state index in [1.165, 1.54) is 7.11 Å². The van der Waals surface area contributed by atoms with E-state index in [4.69, 9.17) is 5.53 Å². The average Bonchev–Trinajstić information content (AvgIpc) is 2.01. The highest BCUT2D eigenvalue weighted by Gasteiger charge is 1.98. The molecule has 0 aliphatic carbocycles. The molecule has 0 saturated heterocycles. The molecule has 0 N–H and O–H groups in total. The van der Waals surface area contributed by atoms with Gasteiger partial charge in [0.15, 0.2) is 0 Å². The van der Waals surface area contributed by atoms with Crippen LogP contribution in [0, 0.1) is 0 Å². The van der Waals surface area contributed by atoms with E-state index in [1.54, 1.807) is 0 Å². The third kappa shape index (κ3) is 6.63. The molecule has 0 radical (unpaired) electrons. The Bertz CT molecular complexity index is 164. The van der Waals surface area contributed by atoms with Crippen molar-refractivity contribution in [2.45, 2.75) is 0 Å². The van der Waals surface area contributed by atoms with Crippen LogP contribution < -0.4 is 0 Å². The first-order valence-corrected chi connectivity index (χ1v) is 2.96. The zero-order valence-electron chi connectivity index (χ0n) is 6.19.